The first-order chi connectivity index (χ1) is 11.1. The Hall–Kier alpha value is -2.12. The van der Waals surface area contributed by atoms with Gasteiger partial charge in [0.25, 0.3) is 5.91 Å². The van der Waals surface area contributed by atoms with Crippen molar-refractivity contribution in [3.05, 3.63) is 74.5 Å². The van der Waals surface area contributed by atoms with Gasteiger partial charge in [0.1, 0.15) is 17.3 Å². The number of amides is 1. The number of carbonyl (C=O) groups excluding carboxylic acids is 1. The summed E-state index contributed by atoms with van der Waals surface area (Å²) < 4.78 is 13.8. The molecule has 116 valence electrons. The third-order valence-corrected chi connectivity index (χ3v) is 4.44. The maximum atomic E-state index is 13.2. The predicted octanol–water partition coefficient (Wildman–Crippen LogP) is 4.28. The van der Waals surface area contributed by atoms with E-state index in [1.165, 1.54) is 23.5 Å². The van der Waals surface area contributed by atoms with Crippen LogP contribution in [0, 0.1) is 5.82 Å². The predicted molar refractivity (Wildman–Crippen MR) is 91.2 cm³/mol. The van der Waals surface area contributed by atoms with Gasteiger partial charge in [-0.05, 0) is 51.7 Å². The summed E-state index contributed by atoms with van der Waals surface area (Å²) in [5, 5.41) is 4.35. The molecule has 1 amide bonds. The van der Waals surface area contributed by atoms with Crippen LogP contribution in [0.3, 0.4) is 0 Å². The summed E-state index contributed by atoms with van der Waals surface area (Å²) in [6.07, 6.45) is 2.25. The number of aromatic nitrogens is 2. The maximum Gasteiger partial charge on any atom is 0.276 e. The zero-order chi connectivity index (χ0) is 16.2. The Morgan fingerprint density at radius 2 is 2.13 bits per heavy atom. The molecule has 7 heteroatoms. The Morgan fingerprint density at radius 1 is 1.26 bits per heavy atom. The Kier molecular flexibility index (Phi) is 4.78. The first-order valence-electron chi connectivity index (χ1n) is 6.72. The normalized spacial score (nSPS) is 10.5. The molecule has 4 nitrogen and oxygen atoms in total. The van der Waals surface area contributed by atoms with Crippen LogP contribution in [0.4, 0.5) is 10.2 Å². The number of benzene rings is 1. The molecule has 2 heterocycles. The van der Waals surface area contributed by atoms with E-state index in [2.05, 4.69) is 31.2 Å². The minimum absolute atomic E-state index is 0.256. The van der Waals surface area contributed by atoms with Crippen LogP contribution >= 0.6 is 27.3 Å². The number of nitrogens with one attached hydrogen (secondary N) is 1. The van der Waals surface area contributed by atoms with Crippen molar-refractivity contribution >= 4 is 39.0 Å². The molecule has 0 atom stereocenters. The number of nitrogens with zero attached hydrogens (tertiary/aromatic N) is 2. The summed E-state index contributed by atoms with van der Waals surface area (Å²) in [6, 6.07) is 10.0. The van der Waals surface area contributed by atoms with Crippen molar-refractivity contribution in [3.8, 4) is 0 Å². The highest BCUT2D eigenvalue weighted by atomic mass is 79.9. The molecule has 0 radical (unpaired) electrons. The fourth-order valence-corrected chi connectivity index (χ4v) is 3.01. The van der Waals surface area contributed by atoms with Gasteiger partial charge in [-0.1, -0.05) is 18.2 Å². The van der Waals surface area contributed by atoms with E-state index in [0.29, 0.717) is 21.8 Å². The smallest absolute Gasteiger partial charge is 0.276 e. The lowest BCUT2D eigenvalue weighted by Gasteiger charge is -2.05. The molecular weight excluding hydrogens is 381 g/mol. The molecule has 1 N–H and O–H groups in total. The van der Waals surface area contributed by atoms with Gasteiger partial charge in [-0.2, -0.15) is 0 Å². The highest BCUT2D eigenvalue weighted by Crippen LogP contribution is 2.17. The zero-order valence-electron chi connectivity index (χ0n) is 11.8. The van der Waals surface area contributed by atoms with Gasteiger partial charge >= 0.3 is 0 Å². The van der Waals surface area contributed by atoms with Crippen LogP contribution in [0.15, 0.2) is 51.9 Å². The van der Waals surface area contributed by atoms with Crippen LogP contribution in [0.5, 0.6) is 0 Å². The van der Waals surface area contributed by atoms with Crippen molar-refractivity contribution in [3.63, 3.8) is 0 Å². The van der Waals surface area contributed by atoms with Crippen molar-refractivity contribution in [1.29, 1.82) is 0 Å². The second-order valence-corrected chi connectivity index (χ2v) is 6.93. The van der Waals surface area contributed by atoms with E-state index in [9.17, 15) is 9.18 Å². The molecule has 3 aromatic rings. The number of hydrogen-bond acceptors (Lipinski definition) is 4. The molecule has 0 aliphatic rings. The topological polar surface area (TPSA) is 54.9 Å². The summed E-state index contributed by atoms with van der Waals surface area (Å²) >= 11 is 4.56. The molecule has 0 saturated carbocycles. The number of anilines is 1. The highest BCUT2D eigenvalue weighted by Gasteiger charge is 2.10. The van der Waals surface area contributed by atoms with Gasteiger partial charge in [-0.3, -0.25) is 4.79 Å². The molecule has 0 bridgehead atoms. The van der Waals surface area contributed by atoms with Crippen molar-refractivity contribution in [2.75, 3.05) is 5.32 Å². The van der Waals surface area contributed by atoms with Gasteiger partial charge in [0.05, 0.1) is 0 Å². The second kappa shape index (κ2) is 6.97. The molecule has 0 aliphatic carbocycles. The van der Waals surface area contributed by atoms with Crippen LogP contribution in [-0.2, 0) is 6.42 Å². The van der Waals surface area contributed by atoms with Crippen LogP contribution in [0.1, 0.15) is 21.6 Å². The van der Waals surface area contributed by atoms with E-state index >= 15 is 0 Å². The lowest BCUT2D eigenvalue weighted by molar-refractivity contribution is 0.102. The van der Waals surface area contributed by atoms with E-state index in [4.69, 9.17) is 0 Å². The van der Waals surface area contributed by atoms with Crippen LogP contribution < -0.4 is 5.32 Å². The Bertz CT molecular complexity index is 835. The van der Waals surface area contributed by atoms with E-state index in [-0.39, 0.29) is 11.7 Å². The Balaban J connectivity index is 1.66. The van der Waals surface area contributed by atoms with Crippen molar-refractivity contribution in [2.24, 2.45) is 0 Å². The van der Waals surface area contributed by atoms with Crippen molar-refractivity contribution in [2.45, 2.75) is 6.42 Å². The Labute approximate surface area is 144 Å². The number of pyridine rings is 1. The van der Waals surface area contributed by atoms with Gasteiger partial charge in [0.15, 0.2) is 3.92 Å². The molecular formula is C16H11BrFN3OS. The molecule has 0 aliphatic heterocycles. The zero-order valence-corrected chi connectivity index (χ0v) is 14.2. The molecule has 1 aromatic carbocycles. The molecule has 0 unspecified atom stereocenters. The average Bonchev–Trinajstić information content (AvgIpc) is 2.96. The minimum atomic E-state index is -0.308. The van der Waals surface area contributed by atoms with E-state index in [0.717, 1.165) is 11.1 Å². The molecule has 0 fully saturated rings. The highest BCUT2D eigenvalue weighted by molar-refractivity contribution is 9.11. The molecule has 0 spiro atoms. The number of thiazole rings is 1. The van der Waals surface area contributed by atoms with E-state index in [1.54, 1.807) is 23.7 Å². The van der Waals surface area contributed by atoms with Gasteiger partial charge in [0, 0.05) is 11.6 Å². The fraction of sp³-hybridized carbons (Fsp3) is 0.0625. The quantitative estimate of drug-likeness (QED) is 0.721. The lowest BCUT2D eigenvalue weighted by atomic mass is 10.1. The standard InChI is InChI=1S/C16H11BrFN3OS/c17-16-20-13(9-23-16)15(22)21-14-5-4-11(8-19-14)6-10-2-1-3-12(18)7-10/h1-5,7-9H,6H2,(H,19,21,22). The summed E-state index contributed by atoms with van der Waals surface area (Å²) in [7, 11) is 0. The van der Waals surface area contributed by atoms with Gasteiger partial charge in [-0.15, -0.1) is 11.3 Å². The van der Waals surface area contributed by atoms with Gasteiger partial charge in [-0.25, -0.2) is 14.4 Å². The molecule has 23 heavy (non-hydrogen) atoms. The second-order valence-electron chi connectivity index (χ2n) is 4.80. The summed E-state index contributed by atoms with van der Waals surface area (Å²) in [4.78, 5) is 20.2. The SMILES string of the molecule is O=C(Nc1ccc(Cc2cccc(F)c2)cn1)c1csc(Br)n1. The molecule has 2 aromatic heterocycles. The number of hydrogen-bond donors (Lipinski definition) is 1. The summed E-state index contributed by atoms with van der Waals surface area (Å²) in [5.74, 6) is -0.117. The lowest BCUT2D eigenvalue weighted by Crippen LogP contribution is -2.13. The number of rotatable bonds is 4. The van der Waals surface area contributed by atoms with Crippen LogP contribution in [-0.4, -0.2) is 15.9 Å². The number of halogens is 2. The molecule has 3 rings (SSSR count). The first kappa shape index (κ1) is 15.8. The fourth-order valence-electron chi connectivity index (χ4n) is 2.02. The summed E-state index contributed by atoms with van der Waals surface area (Å²) in [6.45, 7) is 0. The monoisotopic (exact) mass is 391 g/mol. The third kappa shape index (κ3) is 4.20. The van der Waals surface area contributed by atoms with Crippen LogP contribution in [0.25, 0.3) is 0 Å². The van der Waals surface area contributed by atoms with Crippen molar-refractivity contribution < 1.29 is 9.18 Å². The minimum Gasteiger partial charge on any atom is -0.305 e. The largest absolute Gasteiger partial charge is 0.305 e. The van der Waals surface area contributed by atoms with E-state index in [1.807, 2.05) is 12.1 Å². The third-order valence-electron chi connectivity index (χ3n) is 3.07. The van der Waals surface area contributed by atoms with E-state index < -0.39 is 0 Å². The van der Waals surface area contributed by atoms with Gasteiger partial charge < -0.3 is 5.32 Å². The average molecular weight is 392 g/mol. The maximum absolute atomic E-state index is 13.2. The first-order valence-corrected chi connectivity index (χ1v) is 8.39. The molecule has 0 saturated heterocycles. The van der Waals surface area contributed by atoms with Gasteiger partial charge in [0.2, 0.25) is 0 Å². The number of carbonyl (C=O) groups is 1. The van der Waals surface area contributed by atoms with Crippen molar-refractivity contribution in [1.82, 2.24) is 9.97 Å². The Morgan fingerprint density at radius 3 is 2.78 bits per heavy atom. The summed E-state index contributed by atoms with van der Waals surface area (Å²) in [5.41, 5.74) is 2.15. The van der Waals surface area contributed by atoms with Crippen LogP contribution in [0.2, 0.25) is 0 Å².